The minimum atomic E-state index is -3.57. The standard InChI is InChI=1S/C12H17ClN4O2S/c1-7(2)15-6-9(11(14)20(4,18)19)10-8(3)5-16-12(13)17-10/h5-7H,14H2,1-4H3/b11-9-,15-6?. The third-order valence-electron chi connectivity index (χ3n) is 2.36. The van der Waals surface area contributed by atoms with Crippen molar-refractivity contribution in [3.8, 4) is 0 Å². The van der Waals surface area contributed by atoms with Crippen molar-refractivity contribution < 1.29 is 8.42 Å². The molecule has 0 atom stereocenters. The number of hydrogen-bond acceptors (Lipinski definition) is 6. The lowest BCUT2D eigenvalue weighted by atomic mass is 10.1. The largest absolute Gasteiger partial charge is 0.389 e. The van der Waals surface area contributed by atoms with Crippen molar-refractivity contribution in [2.45, 2.75) is 26.8 Å². The molecule has 1 heterocycles. The van der Waals surface area contributed by atoms with Gasteiger partial charge in [-0.25, -0.2) is 18.4 Å². The van der Waals surface area contributed by atoms with Crippen molar-refractivity contribution in [3.05, 3.63) is 27.8 Å². The van der Waals surface area contributed by atoms with Crippen molar-refractivity contribution in [3.63, 3.8) is 0 Å². The molecule has 1 aromatic rings. The number of rotatable bonds is 4. The van der Waals surface area contributed by atoms with Crippen molar-refractivity contribution in [1.29, 1.82) is 0 Å². The number of aliphatic imine (C=N–C) groups is 1. The molecule has 0 aromatic carbocycles. The number of sulfone groups is 1. The van der Waals surface area contributed by atoms with Gasteiger partial charge in [0, 0.05) is 24.7 Å². The third kappa shape index (κ3) is 4.28. The smallest absolute Gasteiger partial charge is 0.222 e. The molecular formula is C12H17ClN4O2S. The Hall–Kier alpha value is -1.47. The van der Waals surface area contributed by atoms with Gasteiger partial charge in [0.15, 0.2) is 9.84 Å². The van der Waals surface area contributed by atoms with Crippen molar-refractivity contribution in [2.75, 3.05) is 6.26 Å². The first-order valence-corrected chi connectivity index (χ1v) is 8.12. The van der Waals surface area contributed by atoms with Crippen LogP contribution >= 0.6 is 11.6 Å². The molecule has 0 aliphatic carbocycles. The molecule has 0 unspecified atom stereocenters. The van der Waals surface area contributed by atoms with Crippen LogP contribution in [0.4, 0.5) is 0 Å². The molecule has 1 rings (SSSR count). The predicted molar refractivity (Wildman–Crippen MR) is 81.4 cm³/mol. The number of aromatic nitrogens is 2. The number of hydrogen-bond donors (Lipinski definition) is 1. The second-order valence-electron chi connectivity index (χ2n) is 4.59. The Morgan fingerprint density at radius 1 is 1.50 bits per heavy atom. The summed E-state index contributed by atoms with van der Waals surface area (Å²) in [5, 5.41) is -0.276. The van der Waals surface area contributed by atoms with Crippen LogP contribution in [0.15, 0.2) is 16.2 Å². The first-order valence-electron chi connectivity index (χ1n) is 5.85. The van der Waals surface area contributed by atoms with Gasteiger partial charge in [0.05, 0.1) is 11.3 Å². The van der Waals surface area contributed by atoms with Crippen LogP contribution in [0.5, 0.6) is 0 Å². The van der Waals surface area contributed by atoms with E-state index < -0.39 is 9.84 Å². The van der Waals surface area contributed by atoms with Crippen LogP contribution in [-0.2, 0) is 9.84 Å². The summed E-state index contributed by atoms with van der Waals surface area (Å²) < 4.78 is 23.3. The van der Waals surface area contributed by atoms with E-state index in [1.165, 1.54) is 12.4 Å². The minimum absolute atomic E-state index is 0.00465. The molecule has 0 bridgehead atoms. The van der Waals surface area contributed by atoms with Gasteiger partial charge < -0.3 is 5.73 Å². The van der Waals surface area contributed by atoms with Crippen LogP contribution in [0.2, 0.25) is 5.28 Å². The highest BCUT2D eigenvalue weighted by molar-refractivity contribution is 7.94. The summed E-state index contributed by atoms with van der Waals surface area (Å²) in [6.45, 7) is 5.47. The molecule has 0 fully saturated rings. The molecule has 0 aliphatic rings. The summed E-state index contributed by atoms with van der Waals surface area (Å²) in [6.07, 6.45) is 3.94. The molecule has 0 spiro atoms. The van der Waals surface area contributed by atoms with E-state index in [0.29, 0.717) is 11.3 Å². The molecule has 0 aliphatic heterocycles. The van der Waals surface area contributed by atoms with Gasteiger partial charge in [-0.1, -0.05) is 0 Å². The van der Waals surface area contributed by atoms with Gasteiger partial charge in [-0.2, -0.15) is 0 Å². The Morgan fingerprint density at radius 2 is 2.10 bits per heavy atom. The molecule has 0 radical (unpaired) electrons. The molecule has 110 valence electrons. The quantitative estimate of drug-likeness (QED) is 0.672. The van der Waals surface area contributed by atoms with E-state index >= 15 is 0 Å². The predicted octanol–water partition coefficient (Wildman–Crippen LogP) is 1.59. The molecule has 6 nitrogen and oxygen atoms in total. The summed E-state index contributed by atoms with van der Waals surface area (Å²) in [7, 11) is -3.57. The fraction of sp³-hybridized carbons (Fsp3) is 0.417. The number of halogens is 1. The van der Waals surface area contributed by atoms with Gasteiger partial charge in [-0.3, -0.25) is 4.99 Å². The normalized spacial score (nSPS) is 13.9. The molecule has 2 N–H and O–H groups in total. The number of aryl methyl sites for hydroxylation is 1. The van der Waals surface area contributed by atoms with Gasteiger partial charge in [0.2, 0.25) is 5.28 Å². The van der Waals surface area contributed by atoms with Crippen molar-refractivity contribution >= 4 is 33.2 Å². The monoisotopic (exact) mass is 316 g/mol. The molecule has 1 aromatic heterocycles. The van der Waals surface area contributed by atoms with Crippen LogP contribution in [0.1, 0.15) is 25.1 Å². The maximum Gasteiger partial charge on any atom is 0.222 e. The first-order chi connectivity index (χ1) is 9.12. The van der Waals surface area contributed by atoms with E-state index in [1.807, 2.05) is 13.8 Å². The van der Waals surface area contributed by atoms with Crippen molar-refractivity contribution in [2.24, 2.45) is 10.7 Å². The summed E-state index contributed by atoms with van der Waals surface area (Å²) in [4.78, 5) is 12.1. The Morgan fingerprint density at radius 3 is 2.60 bits per heavy atom. The number of allylic oxidation sites excluding steroid dienone is 1. The zero-order valence-corrected chi connectivity index (χ0v) is 13.3. The van der Waals surface area contributed by atoms with Gasteiger partial charge in [-0.15, -0.1) is 0 Å². The number of nitrogens with two attached hydrogens (primary N) is 1. The highest BCUT2D eigenvalue weighted by Crippen LogP contribution is 2.20. The zero-order valence-electron chi connectivity index (χ0n) is 11.8. The van der Waals surface area contributed by atoms with Gasteiger partial charge >= 0.3 is 0 Å². The van der Waals surface area contributed by atoms with E-state index in [-0.39, 0.29) is 21.9 Å². The first kappa shape index (κ1) is 16.6. The summed E-state index contributed by atoms with van der Waals surface area (Å²) >= 11 is 5.76. The maximum absolute atomic E-state index is 11.7. The van der Waals surface area contributed by atoms with E-state index in [2.05, 4.69) is 15.0 Å². The Kier molecular flexibility index (Phi) is 5.24. The van der Waals surface area contributed by atoms with Crippen LogP contribution in [0.25, 0.3) is 5.57 Å². The molecule has 0 saturated heterocycles. The average Bonchev–Trinajstić information content (AvgIpc) is 2.31. The van der Waals surface area contributed by atoms with Crippen LogP contribution in [0, 0.1) is 6.92 Å². The minimum Gasteiger partial charge on any atom is -0.389 e. The second kappa shape index (κ2) is 6.32. The molecule has 8 heteroatoms. The van der Waals surface area contributed by atoms with E-state index in [4.69, 9.17) is 17.3 Å². The van der Waals surface area contributed by atoms with Gasteiger partial charge in [-0.05, 0) is 37.9 Å². The lowest BCUT2D eigenvalue weighted by Crippen LogP contribution is -2.15. The van der Waals surface area contributed by atoms with E-state index in [9.17, 15) is 8.42 Å². The molecule has 0 saturated carbocycles. The van der Waals surface area contributed by atoms with E-state index in [1.54, 1.807) is 6.92 Å². The fourth-order valence-electron chi connectivity index (χ4n) is 1.36. The Balaban J connectivity index is 3.58. The second-order valence-corrected chi connectivity index (χ2v) is 6.91. The lowest BCUT2D eigenvalue weighted by Gasteiger charge is -2.09. The van der Waals surface area contributed by atoms with Crippen molar-refractivity contribution in [1.82, 2.24) is 9.97 Å². The third-order valence-corrected chi connectivity index (χ3v) is 3.57. The maximum atomic E-state index is 11.7. The molecule has 0 amide bonds. The Labute approximate surface area is 123 Å². The van der Waals surface area contributed by atoms with Crippen LogP contribution in [-0.4, -0.2) is 36.9 Å². The number of nitrogens with zero attached hydrogens (tertiary/aromatic N) is 3. The summed E-state index contributed by atoms with van der Waals surface area (Å²) in [5.41, 5.74) is 6.97. The molecular weight excluding hydrogens is 300 g/mol. The van der Waals surface area contributed by atoms with E-state index in [0.717, 1.165) is 6.26 Å². The van der Waals surface area contributed by atoms with Crippen LogP contribution < -0.4 is 5.73 Å². The topological polar surface area (TPSA) is 98.3 Å². The SMILES string of the molecule is Cc1cnc(Cl)nc1/C(C=NC(C)C)=C(/N)S(C)(=O)=O. The summed E-state index contributed by atoms with van der Waals surface area (Å²) in [5.74, 6) is 0. The van der Waals surface area contributed by atoms with Gasteiger partial charge in [0.1, 0.15) is 5.03 Å². The van der Waals surface area contributed by atoms with Crippen LogP contribution in [0.3, 0.4) is 0 Å². The lowest BCUT2D eigenvalue weighted by molar-refractivity contribution is 0.607. The molecule has 20 heavy (non-hydrogen) atoms. The highest BCUT2D eigenvalue weighted by Gasteiger charge is 2.17. The zero-order chi connectivity index (χ0) is 15.5. The highest BCUT2D eigenvalue weighted by atomic mass is 35.5. The summed E-state index contributed by atoms with van der Waals surface area (Å²) in [6, 6.07) is -0.00465. The van der Waals surface area contributed by atoms with Gasteiger partial charge in [0.25, 0.3) is 0 Å². The fourth-order valence-corrected chi connectivity index (χ4v) is 2.04. The average molecular weight is 317 g/mol. The Bertz CT molecular complexity index is 666.